The van der Waals surface area contributed by atoms with Crippen LogP contribution in [0.4, 0.5) is 0 Å². The largest absolute Gasteiger partial charge is 0.0651 e. The SMILES string of the molecule is [2H]C([2H])(C)C1C2CC1C2. The maximum absolute atomic E-state index is 7.42. The molecule has 0 amide bonds. The van der Waals surface area contributed by atoms with Gasteiger partial charge in [-0.25, -0.2) is 0 Å². The normalized spacial score (nSPS) is 61.6. The Bertz CT molecular complexity index is 122. The molecule has 0 aliphatic heterocycles. The monoisotopic (exact) mass is 98.1 g/mol. The van der Waals surface area contributed by atoms with Crippen LogP contribution in [-0.2, 0) is 0 Å². The Morgan fingerprint density at radius 3 is 2.14 bits per heavy atom. The van der Waals surface area contributed by atoms with Gasteiger partial charge in [-0.3, -0.25) is 0 Å². The van der Waals surface area contributed by atoms with E-state index in [1.807, 2.05) is 0 Å². The van der Waals surface area contributed by atoms with E-state index in [9.17, 15) is 0 Å². The maximum Gasteiger partial charge on any atom is 0.0267 e. The fourth-order valence-corrected chi connectivity index (χ4v) is 1.76. The quantitative estimate of drug-likeness (QED) is 0.471. The molecule has 7 heavy (non-hydrogen) atoms. The highest BCUT2D eigenvalue weighted by Gasteiger charge is 2.50. The van der Waals surface area contributed by atoms with Gasteiger partial charge in [-0.1, -0.05) is 13.3 Å². The summed E-state index contributed by atoms with van der Waals surface area (Å²) in [5, 5.41) is 0. The van der Waals surface area contributed by atoms with E-state index in [0.29, 0.717) is 5.92 Å². The number of hydrogen-bond donors (Lipinski definition) is 0. The van der Waals surface area contributed by atoms with Gasteiger partial charge in [0.2, 0.25) is 0 Å². The van der Waals surface area contributed by atoms with Gasteiger partial charge in [0.15, 0.2) is 0 Å². The van der Waals surface area contributed by atoms with Crippen molar-refractivity contribution in [2.75, 3.05) is 0 Å². The summed E-state index contributed by atoms with van der Waals surface area (Å²) in [7, 11) is 0. The molecule has 3 rings (SSSR count). The molecule has 0 heteroatoms. The van der Waals surface area contributed by atoms with Crippen LogP contribution in [0.5, 0.6) is 0 Å². The molecule has 0 saturated heterocycles. The molecule has 0 radical (unpaired) electrons. The highest BCUT2D eigenvalue weighted by Crippen LogP contribution is 2.59. The van der Waals surface area contributed by atoms with E-state index in [4.69, 9.17) is 2.74 Å². The second-order valence-corrected chi connectivity index (χ2v) is 2.81. The predicted molar refractivity (Wildman–Crippen MR) is 30.0 cm³/mol. The molecular formula is C7H12. The van der Waals surface area contributed by atoms with E-state index in [1.54, 1.807) is 6.92 Å². The topological polar surface area (TPSA) is 0 Å². The summed E-state index contributed by atoms with van der Waals surface area (Å²) in [5.41, 5.74) is 0. The molecule has 3 aliphatic rings. The van der Waals surface area contributed by atoms with Crippen molar-refractivity contribution in [1.82, 2.24) is 0 Å². The molecule has 0 spiro atoms. The fraction of sp³-hybridized carbons (Fsp3) is 1.00. The summed E-state index contributed by atoms with van der Waals surface area (Å²) >= 11 is 0. The van der Waals surface area contributed by atoms with E-state index >= 15 is 0 Å². The average molecular weight is 98.2 g/mol. The molecule has 0 aromatic rings. The van der Waals surface area contributed by atoms with Gasteiger partial charge in [0.25, 0.3) is 0 Å². The van der Waals surface area contributed by atoms with Crippen molar-refractivity contribution in [3.63, 3.8) is 0 Å². The Hall–Kier alpha value is 0. The van der Waals surface area contributed by atoms with Gasteiger partial charge in [0.05, 0.1) is 0 Å². The lowest BCUT2D eigenvalue weighted by molar-refractivity contribution is -0.0819. The van der Waals surface area contributed by atoms with Crippen LogP contribution in [-0.4, -0.2) is 0 Å². The van der Waals surface area contributed by atoms with Crippen LogP contribution in [0.15, 0.2) is 0 Å². The van der Waals surface area contributed by atoms with Crippen molar-refractivity contribution in [2.24, 2.45) is 17.8 Å². The summed E-state index contributed by atoms with van der Waals surface area (Å²) in [4.78, 5) is 0. The Kier molecular flexibility index (Phi) is 0.375. The van der Waals surface area contributed by atoms with E-state index in [-0.39, 0.29) is 0 Å². The van der Waals surface area contributed by atoms with Gasteiger partial charge in [-0.05, 0) is 30.6 Å². The van der Waals surface area contributed by atoms with Crippen molar-refractivity contribution in [3.05, 3.63) is 0 Å². The molecule has 0 nitrogen and oxygen atoms in total. The second kappa shape index (κ2) is 1.04. The first-order valence-electron chi connectivity index (χ1n) is 4.09. The Balaban J connectivity index is 2.02. The van der Waals surface area contributed by atoms with Crippen molar-refractivity contribution >= 4 is 0 Å². The Morgan fingerprint density at radius 1 is 1.57 bits per heavy atom. The van der Waals surface area contributed by atoms with Crippen LogP contribution in [0.1, 0.15) is 28.9 Å². The Morgan fingerprint density at radius 2 is 2.14 bits per heavy atom. The molecule has 0 aromatic carbocycles. The summed E-state index contributed by atoms with van der Waals surface area (Å²) in [6.45, 7) is 1.72. The molecule has 3 saturated carbocycles. The van der Waals surface area contributed by atoms with E-state index in [2.05, 4.69) is 0 Å². The molecular weight excluding hydrogens is 84.1 g/mol. The predicted octanol–water partition coefficient (Wildman–Crippen LogP) is 2.05. The lowest BCUT2D eigenvalue weighted by atomic mass is 9.47. The third-order valence-corrected chi connectivity index (χ3v) is 2.56. The van der Waals surface area contributed by atoms with Crippen LogP contribution < -0.4 is 0 Å². The summed E-state index contributed by atoms with van der Waals surface area (Å²) in [5.74, 6) is 1.95. The van der Waals surface area contributed by atoms with Crippen LogP contribution in [0.2, 0.25) is 0 Å². The number of rotatable bonds is 1. The standard InChI is InChI=1S/C7H12/c1-2-7-5-3-6(7)4-5/h5-7H,2-4H2,1H3/i2D2. The molecule has 2 bridgehead atoms. The van der Waals surface area contributed by atoms with Gasteiger partial charge >= 0.3 is 0 Å². The van der Waals surface area contributed by atoms with Crippen molar-refractivity contribution in [2.45, 2.75) is 26.1 Å². The van der Waals surface area contributed by atoms with E-state index in [0.717, 1.165) is 11.8 Å². The van der Waals surface area contributed by atoms with Crippen LogP contribution >= 0.6 is 0 Å². The van der Waals surface area contributed by atoms with E-state index in [1.165, 1.54) is 12.8 Å². The fourth-order valence-electron chi connectivity index (χ4n) is 1.76. The van der Waals surface area contributed by atoms with Crippen LogP contribution in [0.25, 0.3) is 0 Å². The minimum atomic E-state index is -0.883. The highest BCUT2D eigenvalue weighted by atomic mass is 14.6. The van der Waals surface area contributed by atoms with Crippen LogP contribution in [0.3, 0.4) is 0 Å². The summed E-state index contributed by atoms with van der Waals surface area (Å²) in [6, 6.07) is 0. The Labute approximate surface area is 47.7 Å². The molecule has 3 aliphatic carbocycles. The zero-order chi connectivity index (χ0) is 6.65. The molecule has 0 atom stereocenters. The maximum atomic E-state index is 7.42. The minimum absolute atomic E-state index is 0.428. The van der Waals surface area contributed by atoms with Crippen molar-refractivity contribution in [3.8, 4) is 0 Å². The number of hydrogen-bond acceptors (Lipinski definition) is 0. The first kappa shape index (κ1) is 2.52. The molecule has 0 aromatic heterocycles. The summed E-state index contributed by atoms with van der Waals surface area (Å²) in [6.07, 6.45) is 1.75. The van der Waals surface area contributed by atoms with E-state index < -0.39 is 6.37 Å². The first-order valence-corrected chi connectivity index (χ1v) is 3.09. The van der Waals surface area contributed by atoms with Gasteiger partial charge in [0, 0.05) is 2.74 Å². The van der Waals surface area contributed by atoms with Gasteiger partial charge in [-0.2, -0.15) is 0 Å². The molecule has 40 valence electrons. The smallest absolute Gasteiger partial charge is 0.0267 e. The molecule has 0 unspecified atom stereocenters. The molecule has 3 fully saturated rings. The first-order chi connectivity index (χ1) is 4.09. The third kappa shape index (κ3) is 0.296. The van der Waals surface area contributed by atoms with Gasteiger partial charge in [-0.15, -0.1) is 0 Å². The zero-order valence-corrected chi connectivity index (χ0v) is 4.65. The summed E-state index contributed by atoms with van der Waals surface area (Å²) < 4.78 is 14.8. The minimum Gasteiger partial charge on any atom is -0.0651 e. The van der Waals surface area contributed by atoms with Gasteiger partial charge < -0.3 is 0 Å². The molecule has 0 heterocycles. The third-order valence-electron chi connectivity index (χ3n) is 2.56. The molecule has 0 N–H and O–H groups in total. The van der Waals surface area contributed by atoms with Crippen LogP contribution in [0, 0.1) is 17.8 Å². The highest BCUT2D eigenvalue weighted by molar-refractivity contribution is 5.00. The van der Waals surface area contributed by atoms with Crippen molar-refractivity contribution < 1.29 is 2.74 Å². The second-order valence-electron chi connectivity index (χ2n) is 2.81. The van der Waals surface area contributed by atoms with Crippen molar-refractivity contribution in [1.29, 1.82) is 0 Å². The lowest BCUT2D eigenvalue weighted by Gasteiger charge is -2.58. The van der Waals surface area contributed by atoms with Gasteiger partial charge in [0.1, 0.15) is 0 Å². The zero-order valence-electron chi connectivity index (χ0n) is 6.65. The average Bonchev–Trinajstić information content (AvgIpc) is 1.06. The lowest BCUT2D eigenvalue weighted by Crippen LogP contribution is -2.49.